The van der Waals surface area contributed by atoms with Gasteiger partial charge in [0.15, 0.2) is 5.72 Å². The van der Waals surface area contributed by atoms with Crippen LogP contribution in [0, 0.1) is 5.92 Å². The van der Waals surface area contributed by atoms with Crippen LogP contribution in [-0.2, 0) is 44.6 Å². The largest absolute Gasteiger partial charge is 0.495 e. The van der Waals surface area contributed by atoms with E-state index in [1.807, 2.05) is 13.0 Å². The van der Waals surface area contributed by atoms with Gasteiger partial charge in [0, 0.05) is 52.7 Å². The molecular formula is C43H59ClN4O12. The number of anilines is 1. The first-order chi connectivity index (χ1) is 28.2. The second-order valence-electron chi connectivity index (χ2n) is 16.2. The van der Waals surface area contributed by atoms with Crippen molar-refractivity contribution in [3.05, 3.63) is 58.7 Å². The Hall–Kier alpha value is -4.77. The second kappa shape index (κ2) is 20.7. The molecule has 0 spiro atoms. The topological polar surface area (TPSA) is 202 Å². The number of unbranched alkanes of at least 4 members (excludes halogenated alkanes) is 2. The van der Waals surface area contributed by atoms with Crippen molar-refractivity contribution in [3.8, 4) is 5.75 Å². The summed E-state index contributed by atoms with van der Waals surface area (Å²) in [4.78, 5) is 81.1. The summed E-state index contributed by atoms with van der Waals surface area (Å²) in [7, 11) is 5.85. The standard InChI is InChI=1S/C43H59ClN4O12/c1-26-13-12-14-33(58-8)43(56)25-32(59-41(54)45-43)27(2)18-19-42(4,55)34(24-38(52)47(6)30-22-29(21-26)23-31(57-7)39(30)44)60-40(53)28(3)46(5)35(49)15-10-9-11-20-48-36(50)16-17-37(48)51/h12-14,16-17,22-23,27-28,32-34,55-56H,9-11,15,18-21,24-25H2,1-8H3,(H,45,54)/b14-12+,26-13+/t27-,28-,32-,33+,34-,42+,43-/m0/s1. The zero-order valence-corrected chi connectivity index (χ0v) is 36.5. The lowest BCUT2D eigenvalue weighted by atomic mass is 9.83. The number of amides is 5. The molecule has 1 fully saturated rings. The first-order valence-electron chi connectivity index (χ1n) is 20.1. The molecule has 17 heteroatoms. The quantitative estimate of drug-likeness (QED) is 0.162. The van der Waals surface area contributed by atoms with E-state index >= 15 is 0 Å². The van der Waals surface area contributed by atoms with E-state index in [2.05, 4.69) is 5.32 Å². The normalized spacial score (nSPS) is 28.6. The van der Waals surface area contributed by atoms with Gasteiger partial charge in [0.25, 0.3) is 11.8 Å². The van der Waals surface area contributed by atoms with Crippen molar-refractivity contribution < 1.29 is 57.9 Å². The molecule has 0 aromatic heterocycles. The number of likely N-dealkylation sites (N-methyl/N-ethyl adjacent to an activating group) is 1. The lowest BCUT2D eigenvalue weighted by molar-refractivity contribution is -0.174. The molecule has 0 saturated carbocycles. The number of allylic oxidation sites excluding steroid dienone is 3. The highest BCUT2D eigenvalue weighted by molar-refractivity contribution is 6.35. The van der Waals surface area contributed by atoms with Gasteiger partial charge in [-0.3, -0.25) is 29.4 Å². The molecule has 4 rings (SSSR count). The minimum absolute atomic E-state index is 0.0292. The number of nitrogens with one attached hydrogen (secondary N) is 1. The van der Waals surface area contributed by atoms with Crippen LogP contribution in [0.3, 0.4) is 0 Å². The van der Waals surface area contributed by atoms with E-state index in [0.717, 1.165) is 16.0 Å². The Kier molecular flexibility index (Phi) is 16.5. The van der Waals surface area contributed by atoms with E-state index in [1.165, 1.54) is 64.1 Å². The van der Waals surface area contributed by atoms with Gasteiger partial charge in [-0.1, -0.05) is 48.7 Å². The van der Waals surface area contributed by atoms with Crippen molar-refractivity contribution in [1.29, 1.82) is 0 Å². The second-order valence-corrected chi connectivity index (χ2v) is 16.5. The van der Waals surface area contributed by atoms with E-state index < -0.39 is 66.0 Å². The Bertz CT molecular complexity index is 1860. The maximum atomic E-state index is 14.1. The number of hydrogen-bond donors (Lipinski definition) is 3. The average molecular weight is 859 g/mol. The van der Waals surface area contributed by atoms with Gasteiger partial charge in [-0.05, 0) is 76.5 Å². The maximum Gasteiger partial charge on any atom is 0.409 e. The van der Waals surface area contributed by atoms with E-state index in [0.29, 0.717) is 37.1 Å². The first kappa shape index (κ1) is 47.9. The number of ether oxygens (including phenoxy) is 4. The van der Waals surface area contributed by atoms with Gasteiger partial charge in [-0.15, -0.1) is 0 Å². The minimum atomic E-state index is -1.83. The zero-order valence-electron chi connectivity index (χ0n) is 35.7. The number of esters is 1. The molecule has 1 aromatic rings. The number of carbonyl (C=O) groups is 6. The minimum Gasteiger partial charge on any atom is -0.495 e. The molecule has 330 valence electrons. The lowest BCUT2D eigenvalue weighted by Gasteiger charge is -2.42. The molecule has 7 atom stereocenters. The molecule has 60 heavy (non-hydrogen) atoms. The van der Waals surface area contributed by atoms with Crippen molar-refractivity contribution in [3.63, 3.8) is 0 Å². The molecular weight excluding hydrogens is 800 g/mol. The van der Waals surface area contributed by atoms with Crippen molar-refractivity contribution in [2.75, 3.05) is 39.8 Å². The highest BCUT2D eigenvalue weighted by atomic mass is 35.5. The van der Waals surface area contributed by atoms with E-state index in [1.54, 1.807) is 31.2 Å². The van der Waals surface area contributed by atoms with Crippen LogP contribution in [0.15, 0.2) is 48.1 Å². The Morgan fingerprint density at radius 3 is 2.43 bits per heavy atom. The maximum absolute atomic E-state index is 14.1. The smallest absolute Gasteiger partial charge is 0.409 e. The van der Waals surface area contributed by atoms with E-state index in [-0.39, 0.29) is 55.0 Å². The monoisotopic (exact) mass is 858 g/mol. The Morgan fingerprint density at radius 1 is 1.10 bits per heavy atom. The van der Waals surface area contributed by atoms with E-state index in [9.17, 15) is 39.0 Å². The fraction of sp³-hybridized carbons (Fsp3) is 0.581. The van der Waals surface area contributed by atoms with Crippen LogP contribution in [-0.4, -0.2) is 126 Å². The van der Waals surface area contributed by atoms with Gasteiger partial charge >= 0.3 is 12.1 Å². The Morgan fingerprint density at radius 2 is 1.78 bits per heavy atom. The predicted octanol–water partition coefficient (Wildman–Crippen LogP) is 4.37. The summed E-state index contributed by atoms with van der Waals surface area (Å²) in [5.74, 6) is -2.59. The summed E-state index contributed by atoms with van der Waals surface area (Å²) in [5, 5.41) is 26.4. The zero-order chi connectivity index (χ0) is 44.5. The number of hydrogen-bond acceptors (Lipinski definition) is 12. The van der Waals surface area contributed by atoms with Crippen LogP contribution >= 0.6 is 11.6 Å². The van der Waals surface area contributed by atoms with Gasteiger partial charge < -0.3 is 39.0 Å². The molecule has 0 radical (unpaired) electrons. The Labute approximate surface area is 356 Å². The number of methoxy groups -OCH3 is 2. The summed E-state index contributed by atoms with van der Waals surface area (Å²) in [5.41, 5.74) is -1.69. The molecule has 3 aliphatic rings. The molecule has 3 N–H and O–H groups in total. The van der Waals surface area contributed by atoms with Gasteiger partial charge in [-0.2, -0.15) is 0 Å². The third-order valence-corrected chi connectivity index (χ3v) is 11.9. The van der Waals surface area contributed by atoms with Gasteiger partial charge in [0.05, 0.1) is 24.8 Å². The number of nitrogens with zero attached hydrogens (tertiary/aromatic N) is 3. The van der Waals surface area contributed by atoms with Gasteiger partial charge in [-0.25, -0.2) is 9.59 Å². The van der Waals surface area contributed by atoms with Gasteiger partial charge in [0.2, 0.25) is 11.8 Å². The summed E-state index contributed by atoms with van der Waals surface area (Å²) >= 11 is 6.75. The summed E-state index contributed by atoms with van der Waals surface area (Å²) in [6, 6.07) is 2.39. The number of fused-ring (bicyclic) bond motifs is 4. The van der Waals surface area contributed by atoms with E-state index in [4.69, 9.17) is 30.5 Å². The Balaban J connectivity index is 1.59. The number of rotatable bonds is 11. The van der Waals surface area contributed by atoms with Crippen LogP contribution in [0.1, 0.15) is 84.6 Å². The highest BCUT2D eigenvalue weighted by Gasteiger charge is 2.47. The summed E-state index contributed by atoms with van der Waals surface area (Å²) < 4.78 is 22.7. The summed E-state index contributed by atoms with van der Waals surface area (Å²) in [6.07, 6.45) is 5.30. The molecule has 16 nitrogen and oxygen atoms in total. The third-order valence-electron chi connectivity index (χ3n) is 11.5. The van der Waals surface area contributed by atoms with Crippen molar-refractivity contribution >= 4 is 53.0 Å². The van der Waals surface area contributed by atoms with Crippen molar-refractivity contribution in [2.24, 2.45) is 5.92 Å². The third kappa shape index (κ3) is 12.0. The molecule has 5 amide bonds. The average Bonchev–Trinajstić information content (AvgIpc) is 3.52. The van der Waals surface area contributed by atoms with Crippen LogP contribution in [0.5, 0.6) is 5.75 Å². The lowest BCUT2D eigenvalue weighted by Crippen LogP contribution is -2.63. The fourth-order valence-corrected chi connectivity index (χ4v) is 7.68. The molecule has 3 aliphatic heterocycles. The number of halogens is 1. The number of imide groups is 1. The first-order valence-corrected chi connectivity index (χ1v) is 20.5. The van der Waals surface area contributed by atoms with Crippen LogP contribution < -0.4 is 15.0 Å². The fourth-order valence-electron chi connectivity index (χ4n) is 7.36. The molecule has 1 aromatic carbocycles. The van der Waals surface area contributed by atoms with Gasteiger partial charge in [0.1, 0.15) is 35.1 Å². The van der Waals surface area contributed by atoms with Crippen LogP contribution in [0.4, 0.5) is 10.5 Å². The summed E-state index contributed by atoms with van der Waals surface area (Å²) in [6.45, 7) is 6.86. The molecule has 0 unspecified atom stereocenters. The van der Waals surface area contributed by atoms with Crippen LogP contribution in [0.2, 0.25) is 5.02 Å². The number of benzene rings is 1. The highest BCUT2D eigenvalue weighted by Crippen LogP contribution is 2.38. The van der Waals surface area contributed by atoms with Crippen molar-refractivity contribution in [1.82, 2.24) is 15.1 Å². The molecule has 1 saturated heterocycles. The molecule has 3 heterocycles. The number of aliphatic hydroxyl groups is 2. The van der Waals surface area contributed by atoms with Crippen molar-refractivity contribution in [2.45, 2.75) is 121 Å². The SMILES string of the molecule is COc1cc2cc(c1Cl)N(C)C(=O)C[C@H](OC(=O)[C@H](C)N(C)C(=O)CCCCCN1C(=O)C=CC1=O)[C@](C)(O)CC[C@H](C)[C@@H]1C[C@@](O)(NC(=O)O1)[C@H](OC)/C=C/C=C(\C)C2. The number of carbonyl (C=O) groups excluding carboxylic acids is 6. The number of alkyl carbamates (subject to hydrolysis) is 1. The molecule has 4 bridgehead atoms. The predicted molar refractivity (Wildman–Crippen MR) is 222 cm³/mol. The van der Waals surface area contributed by atoms with Crippen LogP contribution in [0.25, 0.3) is 0 Å². The molecule has 0 aliphatic carbocycles.